The molecule has 1 unspecified atom stereocenters. The summed E-state index contributed by atoms with van der Waals surface area (Å²) in [5.74, 6) is 0.0641. The molecule has 0 aromatic carbocycles. The lowest BCUT2D eigenvalue weighted by molar-refractivity contribution is -0.138. The molecule has 5 rings (SSSR count). The van der Waals surface area contributed by atoms with E-state index in [2.05, 4.69) is 35.5 Å². The minimum absolute atomic E-state index is 0.0185. The molecule has 1 saturated heterocycles. The molecule has 0 spiro atoms. The van der Waals surface area contributed by atoms with Gasteiger partial charge in [-0.25, -0.2) is 19.9 Å². The first-order valence-electron chi connectivity index (χ1n) is 10.8. The fourth-order valence-corrected chi connectivity index (χ4v) is 3.80. The smallest absolute Gasteiger partial charge is 0.391 e. The molecule has 1 atom stereocenters. The van der Waals surface area contributed by atoms with Gasteiger partial charge in [0.2, 0.25) is 0 Å². The number of halogens is 6. The Morgan fingerprint density at radius 3 is 2.41 bits per heavy atom. The molecular weight excluding hydrogens is 506 g/mol. The molecule has 0 aliphatic carbocycles. The number of aliphatic hydroxyl groups excluding tert-OH is 1. The Labute approximate surface area is 204 Å². The maximum Gasteiger partial charge on any atom is 0.418 e. The average molecular weight is 522 g/mol. The largest absolute Gasteiger partial charge is 0.418 e. The van der Waals surface area contributed by atoms with Crippen LogP contribution in [0.5, 0.6) is 0 Å². The number of β-amino-alcohol motifs (C(OH)–C–C–N with tert-alkyl or cyclic N) is 1. The van der Waals surface area contributed by atoms with Gasteiger partial charge in [-0.1, -0.05) is 0 Å². The standard InChI is InChI=1S/C22H16F6N8O/c23-21(24,25)11-1-2-16(30-8-11)32-14-3-5-29-20-19(14)31-9-15(33-20)18-13(22(26,27)28)7-17(34-35-18)36-6-4-12(37)10-36/h1-3,5,7-9,12,37H,4,6,10H2,(H,29,30,32,33). The van der Waals surface area contributed by atoms with Crippen LogP contribution in [0, 0.1) is 0 Å². The number of rotatable bonds is 4. The van der Waals surface area contributed by atoms with Gasteiger partial charge in [-0.2, -0.15) is 26.3 Å². The van der Waals surface area contributed by atoms with E-state index in [1.807, 2.05) is 0 Å². The van der Waals surface area contributed by atoms with E-state index in [9.17, 15) is 31.4 Å². The van der Waals surface area contributed by atoms with Gasteiger partial charge < -0.3 is 15.3 Å². The van der Waals surface area contributed by atoms with Crippen molar-refractivity contribution in [2.75, 3.05) is 23.3 Å². The van der Waals surface area contributed by atoms with Crippen molar-refractivity contribution < 1.29 is 31.4 Å². The fraction of sp³-hybridized carbons (Fsp3) is 0.273. The van der Waals surface area contributed by atoms with Crippen molar-refractivity contribution in [3.05, 3.63) is 54.0 Å². The molecule has 15 heteroatoms. The number of hydrogen-bond acceptors (Lipinski definition) is 9. The molecule has 37 heavy (non-hydrogen) atoms. The first-order valence-corrected chi connectivity index (χ1v) is 10.8. The molecule has 1 aliphatic rings. The average Bonchev–Trinajstić information content (AvgIpc) is 3.29. The molecule has 5 heterocycles. The molecule has 1 aliphatic heterocycles. The van der Waals surface area contributed by atoms with E-state index in [1.165, 1.54) is 17.2 Å². The van der Waals surface area contributed by atoms with Crippen molar-refractivity contribution in [2.24, 2.45) is 0 Å². The van der Waals surface area contributed by atoms with E-state index in [4.69, 9.17) is 0 Å². The minimum atomic E-state index is -4.78. The van der Waals surface area contributed by atoms with Crippen molar-refractivity contribution in [3.8, 4) is 11.4 Å². The van der Waals surface area contributed by atoms with Gasteiger partial charge in [0.1, 0.15) is 22.7 Å². The molecule has 0 bridgehead atoms. The van der Waals surface area contributed by atoms with Crippen molar-refractivity contribution in [2.45, 2.75) is 24.9 Å². The van der Waals surface area contributed by atoms with Gasteiger partial charge in [-0.15, -0.1) is 10.2 Å². The zero-order valence-corrected chi connectivity index (χ0v) is 18.6. The third kappa shape index (κ3) is 5.07. The van der Waals surface area contributed by atoms with Crippen LogP contribution in [0.15, 0.2) is 42.9 Å². The van der Waals surface area contributed by atoms with Gasteiger partial charge >= 0.3 is 12.4 Å². The van der Waals surface area contributed by atoms with Crippen molar-refractivity contribution in [1.82, 2.24) is 30.1 Å². The fourth-order valence-electron chi connectivity index (χ4n) is 3.80. The van der Waals surface area contributed by atoms with Gasteiger partial charge in [0.05, 0.1) is 29.1 Å². The molecule has 4 aromatic heterocycles. The number of alkyl halides is 6. The van der Waals surface area contributed by atoms with Crippen LogP contribution in [0.25, 0.3) is 22.6 Å². The number of aromatic nitrogens is 6. The zero-order chi connectivity index (χ0) is 26.4. The second-order valence-electron chi connectivity index (χ2n) is 8.19. The Hall–Kier alpha value is -4.14. The molecule has 192 valence electrons. The summed E-state index contributed by atoms with van der Waals surface area (Å²) in [6.07, 6.45) is -6.51. The number of hydrogen-bond donors (Lipinski definition) is 2. The van der Waals surface area contributed by atoms with Crippen LogP contribution in [-0.2, 0) is 12.4 Å². The lowest BCUT2D eigenvalue weighted by atomic mass is 10.1. The lowest BCUT2D eigenvalue weighted by Gasteiger charge is -2.19. The van der Waals surface area contributed by atoms with Crippen LogP contribution in [-0.4, -0.2) is 54.4 Å². The summed E-state index contributed by atoms with van der Waals surface area (Å²) in [4.78, 5) is 17.6. The minimum Gasteiger partial charge on any atom is -0.391 e. The van der Waals surface area contributed by atoms with Crippen LogP contribution < -0.4 is 10.2 Å². The summed E-state index contributed by atoms with van der Waals surface area (Å²) in [6.45, 7) is 0.490. The first-order chi connectivity index (χ1) is 17.5. The molecule has 0 radical (unpaired) electrons. The second-order valence-corrected chi connectivity index (χ2v) is 8.19. The molecule has 0 amide bonds. The predicted molar refractivity (Wildman–Crippen MR) is 119 cm³/mol. The normalized spacial score (nSPS) is 16.4. The van der Waals surface area contributed by atoms with Crippen molar-refractivity contribution >= 4 is 28.5 Å². The molecule has 2 N–H and O–H groups in total. The van der Waals surface area contributed by atoms with E-state index in [-0.39, 0.29) is 40.7 Å². The summed E-state index contributed by atoms with van der Waals surface area (Å²) in [5, 5.41) is 20.2. The number of anilines is 3. The lowest BCUT2D eigenvalue weighted by Crippen LogP contribution is -2.24. The maximum atomic E-state index is 13.9. The van der Waals surface area contributed by atoms with Gasteiger partial charge in [0, 0.05) is 25.5 Å². The Balaban J connectivity index is 1.48. The molecule has 0 saturated carbocycles. The maximum absolute atomic E-state index is 13.9. The number of pyridine rings is 2. The van der Waals surface area contributed by atoms with E-state index in [1.54, 1.807) is 0 Å². The highest BCUT2D eigenvalue weighted by Gasteiger charge is 2.37. The summed E-state index contributed by atoms with van der Waals surface area (Å²) in [5.41, 5.74) is -2.37. The predicted octanol–water partition coefficient (Wildman–Crippen LogP) is 4.23. The third-order valence-corrected chi connectivity index (χ3v) is 5.62. The van der Waals surface area contributed by atoms with Gasteiger partial charge in [0.25, 0.3) is 0 Å². The number of nitrogens with zero attached hydrogens (tertiary/aromatic N) is 7. The van der Waals surface area contributed by atoms with Gasteiger partial charge in [0.15, 0.2) is 11.5 Å². The highest BCUT2D eigenvalue weighted by atomic mass is 19.4. The monoisotopic (exact) mass is 522 g/mol. The molecule has 4 aromatic rings. The SMILES string of the molecule is OC1CCN(c2cc(C(F)(F)F)c(-c3cnc4c(Nc5ccc(C(F)(F)F)cn5)ccnc4n3)nn2)C1. The summed E-state index contributed by atoms with van der Waals surface area (Å²) in [7, 11) is 0. The van der Waals surface area contributed by atoms with E-state index in [0.717, 1.165) is 24.4 Å². The summed E-state index contributed by atoms with van der Waals surface area (Å²) >= 11 is 0. The first kappa shape index (κ1) is 24.5. The number of fused-ring (bicyclic) bond motifs is 1. The van der Waals surface area contributed by atoms with Crippen molar-refractivity contribution in [1.29, 1.82) is 0 Å². The van der Waals surface area contributed by atoms with Crippen LogP contribution in [0.2, 0.25) is 0 Å². The van der Waals surface area contributed by atoms with E-state index < -0.39 is 35.3 Å². The van der Waals surface area contributed by atoms with Gasteiger partial charge in [-0.05, 0) is 30.7 Å². The topological polar surface area (TPSA) is 113 Å². The molecular formula is C22H16F6N8O. The van der Waals surface area contributed by atoms with Gasteiger partial charge in [-0.3, -0.25) is 0 Å². The number of nitrogens with one attached hydrogen (secondary N) is 1. The highest BCUT2D eigenvalue weighted by Crippen LogP contribution is 2.37. The van der Waals surface area contributed by atoms with Crippen LogP contribution in [0.3, 0.4) is 0 Å². The summed E-state index contributed by atoms with van der Waals surface area (Å²) < 4.78 is 80.1. The number of aliphatic hydroxyl groups is 1. The Kier molecular flexibility index (Phi) is 6.01. The second kappa shape index (κ2) is 9.06. The quantitative estimate of drug-likeness (QED) is 0.380. The third-order valence-electron chi connectivity index (χ3n) is 5.62. The van der Waals surface area contributed by atoms with E-state index in [0.29, 0.717) is 19.2 Å². The van der Waals surface area contributed by atoms with Crippen LogP contribution >= 0.6 is 0 Å². The Morgan fingerprint density at radius 1 is 0.946 bits per heavy atom. The Bertz CT molecular complexity index is 1440. The highest BCUT2D eigenvalue weighted by molar-refractivity contribution is 5.87. The van der Waals surface area contributed by atoms with Crippen LogP contribution in [0.4, 0.5) is 43.7 Å². The Morgan fingerprint density at radius 2 is 1.76 bits per heavy atom. The summed E-state index contributed by atoms with van der Waals surface area (Å²) in [6, 6.07) is 4.31. The van der Waals surface area contributed by atoms with Crippen LogP contribution in [0.1, 0.15) is 17.5 Å². The molecule has 1 fully saturated rings. The molecule has 9 nitrogen and oxygen atoms in total. The zero-order valence-electron chi connectivity index (χ0n) is 18.6. The van der Waals surface area contributed by atoms with E-state index >= 15 is 0 Å². The van der Waals surface area contributed by atoms with Crippen molar-refractivity contribution in [3.63, 3.8) is 0 Å².